The number of hydrogen-bond acceptors (Lipinski definition) is 4. The maximum atomic E-state index is 13.1. The third-order valence-corrected chi connectivity index (χ3v) is 7.19. The second-order valence-corrected chi connectivity index (χ2v) is 9.10. The molecule has 1 aliphatic heterocycles. The van der Waals surface area contributed by atoms with E-state index in [2.05, 4.69) is 17.1 Å². The van der Waals surface area contributed by atoms with Crippen molar-refractivity contribution < 1.29 is 13.2 Å². The van der Waals surface area contributed by atoms with Gasteiger partial charge in [-0.15, -0.1) is 0 Å². The topological polar surface area (TPSA) is 69.7 Å². The Morgan fingerprint density at radius 2 is 1.68 bits per heavy atom. The van der Waals surface area contributed by atoms with Crippen molar-refractivity contribution in [2.45, 2.75) is 25.2 Å². The van der Waals surface area contributed by atoms with E-state index in [0.29, 0.717) is 43.0 Å². The smallest absolute Gasteiger partial charge is 0.255 e. The molecule has 0 aromatic heterocycles. The SMILES string of the molecule is CCc1ccc(NC(=O)c2ccc(C)c(S(=O)(=O)N3CCN(C)CC3)c2)cc1. The molecule has 1 heterocycles. The minimum atomic E-state index is -3.63. The first kappa shape index (κ1) is 20.5. The number of nitrogens with zero attached hydrogens (tertiary/aromatic N) is 2. The highest BCUT2D eigenvalue weighted by Gasteiger charge is 2.29. The monoisotopic (exact) mass is 401 g/mol. The Labute approximate surface area is 167 Å². The van der Waals surface area contributed by atoms with Gasteiger partial charge in [0.05, 0.1) is 4.90 Å². The van der Waals surface area contributed by atoms with Gasteiger partial charge in [-0.1, -0.05) is 25.1 Å². The number of benzene rings is 2. The van der Waals surface area contributed by atoms with E-state index in [0.717, 1.165) is 6.42 Å². The summed E-state index contributed by atoms with van der Waals surface area (Å²) in [6.07, 6.45) is 0.930. The lowest BCUT2D eigenvalue weighted by molar-refractivity contribution is 0.102. The lowest BCUT2D eigenvalue weighted by Crippen LogP contribution is -2.47. The fourth-order valence-electron chi connectivity index (χ4n) is 3.21. The van der Waals surface area contributed by atoms with Crippen LogP contribution in [-0.4, -0.2) is 56.8 Å². The second-order valence-electron chi connectivity index (χ2n) is 7.19. The summed E-state index contributed by atoms with van der Waals surface area (Å²) >= 11 is 0. The standard InChI is InChI=1S/C21H27N3O3S/c1-4-17-6-9-19(10-7-17)22-21(25)18-8-5-16(2)20(15-18)28(26,27)24-13-11-23(3)12-14-24/h5-10,15H,4,11-14H2,1-3H3,(H,22,25). The Hall–Kier alpha value is -2.22. The minimum Gasteiger partial charge on any atom is -0.322 e. The van der Waals surface area contributed by atoms with Gasteiger partial charge < -0.3 is 10.2 Å². The van der Waals surface area contributed by atoms with Gasteiger partial charge in [0.2, 0.25) is 10.0 Å². The van der Waals surface area contributed by atoms with Crippen LogP contribution >= 0.6 is 0 Å². The summed E-state index contributed by atoms with van der Waals surface area (Å²) in [5, 5.41) is 2.84. The molecule has 0 saturated carbocycles. The summed E-state index contributed by atoms with van der Waals surface area (Å²) in [5.41, 5.74) is 2.85. The summed E-state index contributed by atoms with van der Waals surface area (Å²) in [6.45, 7) is 6.14. The van der Waals surface area contributed by atoms with Gasteiger partial charge in [-0.2, -0.15) is 4.31 Å². The maximum absolute atomic E-state index is 13.1. The predicted molar refractivity (Wildman–Crippen MR) is 111 cm³/mol. The molecule has 150 valence electrons. The van der Waals surface area contributed by atoms with Crippen LogP contribution in [0.25, 0.3) is 0 Å². The van der Waals surface area contributed by atoms with Crippen molar-refractivity contribution in [2.75, 3.05) is 38.5 Å². The highest BCUT2D eigenvalue weighted by Crippen LogP contribution is 2.23. The van der Waals surface area contributed by atoms with E-state index in [-0.39, 0.29) is 10.8 Å². The van der Waals surface area contributed by atoms with Crippen LogP contribution in [0.15, 0.2) is 47.4 Å². The number of anilines is 1. The molecule has 0 spiro atoms. The van der Waals surface area contributed by atoms with Crippen molar-refractivity contribution in [3.8, 4) is 0 Å². The number of likely N-dealkylation sites (N-methyl/N-ethyl adjacent to an activating group) is 1. The number of carbonyl (C=O) groups is 1. The normalized spacial score (nSPS) is 16.1. The van der Waals surface area contributed by atoms with Gasteiger partial charge in [0.1, 0.15) is 0 Å². The second kappa shape index (κ2) is 8.43. The molecule has 0 aliphatic carbocycles. The first-order valence-electron chi connectivity index (χ1n) is 9.51. The Bertz CT molecular complexity index is 947. The van der Waals surface area contributed by atoms with Crippen molar-refractivity contribution in [1.82, 2.24) is 9.21 Å². The van der Waals surface area contributed by atoms with E-state index in [1.165, 1.54) is 15.9 Å². The minimum absolute atomic E-state index is 0.200. The molecular weight excluding hydrogens is 374 g/mol. The molecule has 6 nitrogen and oxygen atoms in total. The third kappa shape index (κ3) is 4.43. The Kier molecular flexibility index (Phi) is 6.17. The van der Waals surface area contributed by atoms with E-state index in [1.54, 1.807) is 19.1 Å². The molecular formula is C21H27N3O3S. The zero-order valence-corrected chi connectivity index (χ0v) is 17.4. The van der Waals surface area contributed by atoms with Gasteiger partial charge in [0.25, 0.3) is 5.91 Å². The van der Waals surface area contributed by atoms with E-state index in [9.17, 15) is 13.2 Å². The molecule has 7 heteroatoms. The fourth-order valence-corrected chi connectivity index (χ4v) is 4.89. The molecule has 2 aromatic rings. The number of piperazine rings is 1. The van der Waals surface area contributed by atoms with E-state index < -0.39 is 10.0 Å². The Morgan fingerprint density at radius 1 is 1.04 bits per heavy atom. The van der Waals surface area contributed by atoms with Crippen molar-refractivity contribution >= 4 is 21.6 Å². The number of hydrogen-bond donors (Lipinski definition) is 1. The molecule has 28 heavy (non-hydrogen) atoms. The molecule has 1 saturated heterocycles. The van der Waals surface area contributed by atoms with Gasteiger partial charge in [-0.05, 0) is 55.8 Å². The largest absolute Gasteiger partial charge is 0.322 e. The lowest BCUT2D eigenvalue weighted by Gasteiger charge is -2.32. The summed E-state index contributed by atoms with van der Waals surface area (Å²) in [6, 6.07) is 12.5. The number of nitrogens with one attached hydrogen (secondary N) is 1. The Balaban J connectivity index is 1.83. The van der Waals surface area contributed by atoms with Crippen LogP contribution in [0, 0.1) is 6.92 Å². The summed E-state index contributed by atoms with van der Waals surface area (Å²) in [4.78, 5) is 15.0. The number of aryl methyl sites for hydroxylation is 2. The molecule has 1 aliphatic rings. The van der Waals surface area contributed by atoms with Crippen LogP contribution in [0.2, 0.25) is 0 Å². The van der Waals surface area contributed by atoms with Crippen molar-refractivity contribution in [2.24, 2.45) is 0 Å². The lowest BCUT2D eigenvalue weighted by atomic mass is 10.1. The van der Waals surface area contributed by atoms with Crippen LogP contribution in [0.3, 0.4) is 0 Å². The number of sulfonamides is 1. The highest BCUT2D eigenvalue weighted by molar-refractivity contribution is 7.89. The van der Waals surface area contributed by atoms with Crippen LogP contribution < -0.4 is 5.32 Å². The maximum Gasteiger partial charge on any atom is 0.255 e. The van der Waals surface area contributed by atoms with Crippen molar-refractivity contribution in [3.05, 3.63) is 59.2 Å². The van der Waals surface area contributed by atoms with Crippen LogP contribution in [0.5, 0.6) is 0 Å². The average molecular weight is 402 g/mol. The molecule has 0 radical (unpaired) electrons. The van der Waals surface area contributed by atoms with Crippen molar-refractivity contribution in [3.63, 3.8) is 0 Å². The van der Waals surface area contributed by atoms with Gasteiger partial charge in [0.15, 0.2) is 0 Å². The number of carbonyl (C=O) groups excluding carboxylic acids is 1. The molecule has 3 rings (SSSR count). The summed E-state index contributed by atoms with van der Waals surface area (Å²) in [7, 11) is -1.65. The van der Waals surface area contributed by atoms with E-state index in [4.69, 9.17) is 0 Å². The molecule has 2 aromatic carbocycles. The predicted octanol–water partition coefficient (Wildman–Crippen LogP) is 2.75. The zero-order valence-electron chi connectivity index (χ0n) is 16.6. The average Bonchev–Trinajstić information content (AvgIpc) is 2.69. The first-order chi connectivity index (χ1) is 13.3. The Morgan fingerprint density at radius 3 is 2.29 bits per heavy atom. The third-order valence-electron chi connectivity index (χ3n) is 5.15. The van der Waals surface area contributed by atoms with E-state index in [1.807, 2.05) is 31.3 Å². The quantitative estimate of drug-likeness (QED) is 0.836. The molecule has 0 atom stereocenters. The molecule has 0 bridgehead atoms. The van der Waals surface area contributed by atoms with Crippen molar-refractivity contribution in [1.29, 1.82) is 0 Å². The zero-order chi connectivity index (χ0) is 20.3. The molecule has 1 N–H and O–H groups in total. The number of amides is 1. The molecule has 0 unspecified atom stereocenters. The van der Waals surface area contributed by atoms with Crippen LogP contribution in [-0.2, 0) is 16.4 Å². The van der Waals surface area contributed by atoms with Crippen LogP contribution in [0.4, 0.5) is 5.69 Å². The van der Waals surface area contributed by atoms with Gasteiger partial charge in [-0.25, -0.2) is 8.42 Å². The first-order valence-corrected chi connectivity index (χ1v) is 10.9. The van der Waals surface area contributed by atoms with Crippen LogP contribution in [0.1, 0.15) is 28.4 Å². The highest BCUT2D eigenvalue weighted by atomic mass is 32.2. The molecule has 1 amide bonds. The van der Waals surface area contributed by atoms with Gasteiger partial charge in [-0.3, -0.25) is 4.79 Å². The fraction of sp³-hybridized carbons (Fsp3) is 0.381. The van der Waals surface area contributed by atoms with Gasteiger partial charge >= 0.3 is 0 Å². The molecule has 1 fully saturated rings. The summed E-state index contributed by atoms with van der Waals surface area (Å²) < 4.78 is 27.7. The summed E-state index contributed by atoms with van der Waals surface area (Å²) in [5.74, 6) is -0.320. The van der Waals surface area contributed by atoms with Gasteiger partial charge in [0, 0.05) is 37.4 Å². The van der Waals surface area contributed by atoms with E-state index >= 15 is 0 Å². The number of rotatable bonds is 5.